The molecule has 1 aliphatic carbocycles. The van der Waals surface area contributed by atoms with Gasteiger partial charge in [0, 0.05) is 13.0 Å². The Hall–Kier alpha value is -3.67. The molecule has 12 heteroatoms. The lowest BCUT2D eigenvalue weighted by Gasteiger charge is -2.27. The van der Waals surface area contributed by atoms with Crippen LogP contribution in [0.5, 0.6) is 5.75 Å². The maximum absolute atomic E-state index is 13.0. The van der Waals surface area contributed by atoms with E-state index in [1.165, 1.54) is 20.5 Å². The molecule has 1 fully saturated rings. The van der Waals surface area contributed by atoms with Crippen LogP contribution in [0.2, 0.25) is 0 Å². The van der Waals surface area contributed by atoms with Gasteiger partial charge in [0.15, 0.2) is 0 Å². The zero-order chi connectivity index (χ0) is 32.6. The zero-order valence-electron chi connectivity index (χ0n) is 26.6. The predicted molar refractivity (Wildman–Crippen MR) is 166 cm³/mol. The molecule has 1 aromatic carbocycles. The van der Waals surface area contributed by atoms with Crippen LogP contribution < -0.4 is 27.0 Å². The first kappa shape index (κ1) is 36.5. The molecule has 0 aromatic heterocycles. The highest BCUT2D eigenvalue weighted by Gasteiger charge is 2.27. The van der Waals surface area contributed by atoms with Gasteiger partial charge in [-0.05, 0) is 81.2 Å². The summed E-state index contributed by atoms with van der Waals surface area (Å²) in [5, 5.41) is 20.5. The Morgan fingerprint density at radius 3 is 2.23 bits per heavy atom. The van der Waals surface area contributed by atoms with Crippen molar-refractivity contribution in [1.82, 2.24) is 21.3 Å². The van der Waals surface area contributed by atoms with Crippen LogP contribution in [0.15, 0.2) is 12.1 Å². The molecule has 246 valence electrons. The quantitative estimate of drug-likeness (QED) is 0.113. The maximum atomic E-state index is 13.0. The number of phenolic OH excluding ortho intramolecular Hbond substituents is 1. The summed E-state index contributed by atoms with van der Waals surface area (Å²) in [6.07, 6.45) is 8.63. The second kappa shape index (κ2) is 18.9. The number of benzene rings is 1. The van der Waals surface area contributed by atoms with Crippen LogP contribution >= 0.6 is 0 Å². The van der Waals surface area contributed by atoms with Crippen molar-refractivity contribution in [2.75, 3.05) is 20.2 Å². The highest BCUT2D eigenvalue weighted by molar-refractivity contribution is 5.93. The lowest BCUT2D eigenvalue weighted by atomic mass is 9.84. The van der Waals surface area contributed by atoms with Crippen LogP contribution in [0.3, 0.4) is 0 Å². The second-order valence-electron chi connectivity index (χ2n) is 11.9. The Morgan fingerprint density at radius 2 is 1.59 bits per heavy atom. The summed E-state index contributed by atoms with van der Waals surface area (Å²) in [6.45, 7) is 5.23. The molecule has 1 unspecified atom stereocenters. The second-order valence-corrected chi connectivity index (χ2v) is 11.9. The summed E-state index contributed by atoms with van der Waals surface area (Å²) in [6, 6.07) is 0.631. The maximum Gasteiger partial charge on any atom is 0.305 e. The van der Waals surface area contributed by atoms with E-state index in [0.29, 0.717) is 38.1 Å². The van der Waals surface area contributed by atoms with Gasteiger partial charge in [-0.1, -0.05) is 38.5 Å². The van der Waals surface area contributed by atoms with E-state index in [0.717, 1.165) is 48.8 Å². The number of nitrogens with one attached hydrogen (secondary N) is 4. The number of rotatable bonds is 17. The largest absolute Gasteiger partial charge is 0.508 e. The van der Waals surface area contributed by atoms with Gasteiger partial charge in [-0.2, -0.15) is 0 Å². The van der Waals surface area contributed by atoms with Gasteiger partial charge < -0.3 is 36.8 Å². The zero-order valence-corrected chi connectivity index (χ0v) is 26.6. The number of carbonyl (C=O) groups is 5. The number of hydrogen-bond donors (Lipinski definition) is 6. The number of hydrogen-bond acceptors (Lipinski definition) is 8. The lowest BCUT2D eigenvalue weighted by molar-refractivity contribution is -0.140. The number of amides is 4. The third kappa shape index (κ3) is 12.9. The Balaban J connectivity index is 1.83. The first-order chi connectivity index (χ1) is 20.9. The van der Waals surface area contributed by atoms with Gasteiger partial charge in [0.05, 0.1) is 19.7 Å². The molecular formula is C32H51N5O7. The van der Waals surface area contributed by atoms with Crippen LogP contribution in [0.4, 0.5) is 0 Å². The van der Waals surface area contributed by atoms with E-state index in [1.54, 1.807) is 12.1 Å². The topological polar surface area (TPSA) is 189 Å². The fourth-order valence-corrected chi connectivity index (χ4v) is 5.55. The highest BCUT2D eigenvalue weighted by Crippen LogP contribution is 2.27. The summed E-state index contributed by atoms with van der Waals surface area (Å²) < 4.78 is 4.63. The molecule has 0 bridgehead atoms. The van der Waals surface area contributed by atoms with E-state index >= 15 is 0 Å². The Labute approximate surface area is 260 Å². The van der Waals surface area contributed by atoms with E-state index in [2.05, 4.69) is 26.0 Å². The average Bonchev–Trinajstić information content (AvgIpc) is 2.99. The Morgan fingerprint density at radius 1 is 0.932 bits per heavy atom. The van der Waals surface area contributed by atoms with Crippen LogP contribution in [0.1, 0.15) is 87.8 Å². The minimum Gasteiger partial charge on any atom is -0.508 e. The van der Waals surface area contributed by atoms with Gasteiger partial charge in [0.25, 0.3) is 0 Å². The molecular weight excluding hydrogens is 566 g/mol. The van der Waals surface area contributed by atoms with Gasteiger partial charge in [0.1, 0.15) is 17.8 Å². The third-order valence-corrected chi connectivity index (χ3v) is 8.15. The van der Waals surface area contributed by atoms with Crippen molar-refractivity contribution in [3.05, 3.63) is 28.8 Å². The number of methoxy groups -OCH3 is 1. The van der Waals surface area contributed by atoms with Crippen molar-refractivity contribution < 1.29 is 33.8 Å². The van der Waals surface area contributed by atoms with Crippen molar-refractivity contribution in [3.63, 3.8) is 0 Å². The fourth-order valence-electron chi connectivity index (χ4n) is 5.55. The third-order valence-electron chi connectivity index (χ3n) is 8.15. The van der Waals surface area contributed by atoms with Crippen molar-refractivity contribution >= 4 is 29.6 Å². The van der Waals surface area contributed by atoms with Crippen molar-refractivity contribution in [2.45, 2.75) is 110 Å². The van der Waals surface area contributed by atoms with Gasteiger partial charge >= 0.3 is 5.97 Å². The summed E-state index contributed by atoms with van der Waals surface area (Å²) in [5.74, 6) is -1.62. The predicted octanol–water partition coefficient (Wildman–Crippen LogP) is 1.80. The summed E-state index contributed by atoms with van der Waals surface area (Å²) in [7, 11) is 1.35. The summed E-state index contributed by atoms with van der Waals surface area (Å²) >= 11 is 0. The minimum atomic E-state index is -0.941. The molecule has 1 saturated carbocycles. The number of phenols is 1. The standard InChI is InChI=1S/C32H51N5O7/c1-20-15-24(38)16-21(2)25(20)18-26(33)31(42)36-22(3)30(41)35-19-28(39)37-27(17-23-11-7-5-8-12-23)32(43)34-14-10-6-9-13-29(40)44-4/h15-16,22-23,26-27,38H,5-14,17-19,33H2,1-4H3,(H,34,43)(H,35,41)(H,36,42)(H,37,39)/t22-,26?,27+/m1/s1. The first-order valence-corrected chi connectivity index (χ1v) is 15.7. The smallest absolute Gasteiger partial charge is 0.305 e. The normalized spacial score (nSPS) is 15.4. The summed E-state index contributed by atoms with van der Waals surface area (Å²) in [5.41, 5.74) is 8.58. The number of unbranched alkanes of at least 4 members (excludes halogenated alkanes) is 2. The Bertz CT molecular complexity index is 1110. The van der Waals surface area contributed by atoms with Crippen molar-refractivity contribution in [3.8, 4) is 5.75 Å². The van der Waals surface area contributed by atoms with Gasteiger partial charge in [-0.3, -0.25) is 24.0 Å². The monoisotopic (exact) mass is 617 g/mol. The van der Waals surface area contributed by atoms with Crippen molar-refractivity contribution in [1.29, 1.82) is 0 Å². The molecule has 0 saturated heterocycles. The van der Waals surface area contributed by atoms with Gasteiger partial charge in [-0.15, -0.1) is 0 Å². The SMILES string of the molecule is COC(=O)CCCCCNC(=O)[C@H](CC1CCCCC1)NC(=O)CNC(=O)[C@@H](C)NC(=O)C(N)Cc1c(C)cc(O)cc1C. The highest BCUT2D eigenvalue weighted by atomic mass is 16.5. The molecule has 3 atom stereocenters. The van der Waals surface area contributed by atoms with Crippen LogP contribution in [0, 0.1) is 19.8 Å². The van der Waals surface area contributed by atoms with Crippen LogP contribution in [0.25, 0.3) is 0 Å². The molecule has 1 aromatic rings. The molecule has 44 heavy (non-hydrogen) atoms. The minimum absolute atomic E-state index is 0.140. The van der Waals surface area contributed by atoms with Gasteiger partial charge in [-0.25, -0.2) is 0 Å². The molecule has 4 amide bonds. The van der Waals surface area contributed by atoms with E-state index in [1.807, 2.05) is 13.8 Å². The van der Waals surface area contributed by atoms with Crippen LogP contribution in [-0.2, 0) is 35.1 Å². The lowest BCUT2D eigenvalue weighted by Crippen LogP contribution is -2.53. The molecule has 0 spiro atoms. The number of carbonyl (C=O) groups excluding carboxylic acids is 5. The number of ether oxygens (including phenoxy) is 1. The van der Waals surface area contributed by atoms with E-state index < -0.39 is 35.8 Å². The fraction of sp³-hybridized carbons (Fsp3) is 0.656. The number of nitrogens with two attached hydrogens (primary N) is 1. The van der Waals surface area contributed by atoms with Gasteiger partial charge in [0.2, 0.25) is 23.6 Å². The molecule has 12 nitrogen and oxygen atoms in total. The van der Waals surface area contributed by atoms with Crippen molar-refractivity contribution in [2.24, 2.45) is 11.7 Å². The van der Waals surface area contributed by atoms with E-state index in [-0.39, 0.29) is 30.6 Å². The molecule has 7 N–H and O–H groups in total. The number of aryl methyl sites for hydroxylation is 2. The average molecular weight is 618 g/mol. The number of aromatic hydroxyl groups is 1. The molecule has 0 radical (unpaired) electrons. The molecule has 0 aliphatic heterocycles. The molecule has 2 rings (SSSR count). The number of esters is 1. The van der Waals surface area contributed by atoms with E-state index in [4.69, 9.17) is 5.73 Å². The Kier molecular flexibility index (Phi) is 15.7. The van der Waals surface area contributed by atoms with E-state index in [9.17, 15) is 29.1 Å². The molecule has 0 heterocycles. The molecule has 1 aliphatic rings. The van der Waals surface area contributed by atoms with Crippen LogP contribution in [-0.4, -0.2) is 73.0 Å². The summed E-state index contributed by atoms with van der Waals surface area (Å²) in [4.78, 5) is 62.4. The first-order valence-electron chi connectivity index (χ1n) is 15.7.